The Balaban J connectivity index is 1.64. The third-order valence-electron chi connectivity index (χ3n) is 4.82. The van der Waals surface area contributed by atoms with Gasteiger partial charge >= 0.3 is 0 Å². The van der Waals surface area contributed by atoms with Crippen molar-refractivity contribution in [3.05, 3.63) is 78.1 Å². The number of rotatable bonds is 7. The summed E-state index contributed by atoms with van der Waals surface area (Å²) in [5.74, 6) is 0.837. The van der Waals surface area contributed by atoms with E-state index in [-0.39, 0.29) is 17.4 Å². The molecule has 0 fully saturated rings. The van der Waals surface area contributed by atoms with E-state index in [1.807, 2.05) is 24.3 Å². The zero-order chi connectivity index (χ0) is 21.8. The molecule has 5 nitrogen and oxygen atoms in total. The molecule has 0 aliphatic carbocycles. The number of methoxy groups -OCH3 is 2. The molecule has 4 aromatic rings. The Morgan fingerprint density at radius 1 is 0.935 bits per heavy atom. The number of Topliss-reactive ketones (excluding diaryl/α,β-unsaturated/α-hetero) is 1. The molecule has 0 unspecified atom stereocenters. The van der Waals surface area contributed by atoms with Crippen LogP contribution in [0.1, 0.15) is 10.4 Å². The van der Waals surface area contributed by atoms with E-state index >= 15 is 0 Å². The third kappa shape index (κ3) is 4.36. The van der Waals surface area contributed by atoms with E-state index in [4.69, 9.17) is 9.47 Å². The molecule has 0 saturated heterocycles. The molecule has 156 valence electrons. The van der Waals surface area contributed by atoms with Crippen LogP contribution in [0.3, 0.4) is 0 Å². The van der Waals surface area contributed by atoms with Crippen LogP contribution in [0.5, 0.6) is 11.5 Å². The minimum Gasteiger partial charge on any atom is -0.497 e. The van der Waals surface area contributed by atoms with E-state index in [2.05, 4.69) is 10.2 Å². The van der Waals surface area contributed by atoms with E-state index < -0.39 is 0 Å². The van der Waals surface area contributed by atoms with Crippen molar-refractivity contribution < 1.29 is 18.7 Å². The number of ether oxygens (including phenoxy) is 2. The molecule has 0 radical (unpaired) electrons. The number of carbonyl (C=O) groups excluding carboxylic acids is 1. The third-order valence-corrected chi connectivity index (χ3v) is 5.80. The van der Waals surface area contributed by atoms with Crippen molar-refractivity contribution in [3.8, 4) is 22.8 Å². The van der Waals surface area contributed by atoms with Crippen LogP contribution in [-0.2, 0) is 0 Å². The summed E-state index contributed by atoms with van der Waals surface area (Å²) in [6, 6.07) is 19.0. The van der Waals surface area contributed by atoms with E-state index in [0.717, 1.165) is 16.3 Å². The van der Waals surface area contributed by atoms with E-state index in [9.17, 15) is 9.18 Å². The molecule has 0 spiro atoms. The highest BCUT2D eigenvalue weighted by Gasteiger charge is 2.17. The lowest BCUT2D eigenvalue weighted by Gasteiger charge is -2.11. The standard InChI is InChI=1S/C24H19FN2O3S/c1-29-17-11-12-22(30-2)20(13-17)21(28)14-31-24-19-6-4-3-5-18(19)23(26-27-24)15-7-9-16(25)10-8-15/h3-13H,14H2,1-2H3. The minimum atomic E-state index is -0.306. The number of fused-ring (bicyclic) bond motifs is 1. The van der Waals surface area contributed by atoms with Gasteiger partial charge in [-0.05, 0) is 42.5 Å². The Morgan fingerprint density at radius 3 is 2.39 bits per heavy atom. The molecule has 1 aromatic heterocycles. The monoisotopic (exact) mass is 434 g/mol. The van der Waals surface area contributed by atoms with Crippen molar-refractivity contribution in [3.63, 3.8) is 0 Å². The fourth-order valence-corrected chi connectivity index (χ4v) is 4.11. The lowest BCUT2D eigenvalue weighted by molar-refractivity contribution is 0.101. The maximum atomic E-state index is 13.3. The Morgan fingerprint density at radius 2 is 1.68 bits per heavy atom. The Labute approximate surface area is 183 Å². The number of thioether (sulfide) groups is 1. The molecular weight excluding hydrogens is 415 g/mol. The lowest BCUT2D eigenvalue weighted by Crippen LogP contribution is -2.06. The van der Waals surface area contributed by atoms with Gasteiger partial charge in [0.05, 0.1) is 25.5 Å². The van der Waals surface area contributed by atoms with Crippen LogP contribution < -0.4 is 9.47 Å². The molecule has 31 heavy (non-hydrogen) atoms. The maximum absolute atomic E-state index is 13.3. The van der Waals surface area contributed by atoms with Crippen LogP contribution in [-0.4, -0.2) is 36.0 Å². The van der Waals surface area contributed by atoms with Gasteiger partial charge in [-0.25, -0.2) is 4.39 Å². The lowest BCUT2D eigenvalue weighted by atomic mass is 10.1. The number of aromatic nitrogens is 2. The second kappa shape index (κ2) is 9.14. The summed E-state index contributed by atoms with van der Waals surface area (Å²) in [6.07, 6.45) is 0. The fraction of sp³-hybridized carbons (Fsp3) is 0.125. The van der Waals surface area contributed by atoms with Crippen LogP contribution >= 0.6 is 11.8 Å². The van der Waals surface area contributed by atoms with Crippen molar-refractivity contribution in [2.45, 2.75) is 5.03 Å². The molecule has 0 amide bonds. The van der Waals surface area contributed by atoms with Crippen molar-refractivity contribution in [1.82, 2.24) is 10.2 Å². The Kier molecular flexibility index (Phi) is 6.13. The second-order valence-corrected chi connectivity index (χ2v) is 7.65. The van der Waals surface area contributed by atoms with Gasteiger partial charge in [0, 0.05) is 16.3 Å². The molecule has 0 saturated carbocycles. The average Bonchev–Trinajstić information content (AvgIpc) is 2.82. The van der Waals surface area contributed by atoms with Crippen LogP contribution in [0.2, 0.25) is 0 Å². The summed E-state index contributed by atoms with van der Waals surface area (Å²) >= 11 is 1.31. The zero-order valence-electron chi connectivity index (χ0n) is 17.0. The Hall–Kier alpha value is -3.45. The Bertz CT molecular complexity index is 1250. The summed E-state index contributed by atoms with van der Waals surface area (Å²) < 4.78 is 23.9. The largest absolute Gasteiger partial charge is 0.497 e. The van der Waals surface area contributed by atoms with Gasteiger partial charge in [0.1, 0.15) is 28.0 Å². The number of nitrogens with zero attached hydrogens (tertiary/aromatic N) is 2. The quantitative estimate of drug-likeness (QED) is 0.286. The van der Waals surface area contributed by atoms with Gasteiger partial charge in [-0.2, -0.15) is 0 Å². The van der Waals surface area contributed by atoms with Gasteiger partial charge in [0.2, 0.25) is 0 Å². The summed E-state index contributed by atoms with van der Waals surface area (Å²) in [6.45, 7) is 0. The molecule has 0 N–H and O–H groups in total. The first-order valence-corrected chi connectivity index (χ1v) is 10.5. The van der Waals surface area contributed by atoms with Crippen LogP contribution in [0, 0.1) is 5.82 Å². The maximum Gasteiger partial charge on any atom is 0.177 e. The van der Waals surface area contributed by atoms with Crippen molar-refractivity contribution >= 4 is 28.3 Å². The van der Waals surface area contributed by atoms with E-state index in [1.54, 1.807) is 37.4 Å². The predicted molar refractivity (Wildman–Crippen MR) is 120 cm³/mol. The van der Waals surface area contributed by atoms with E-state index in [1.165, 1.54) is 31.0 Å². The summed E-state index contributed by atoms with van der Waals surface area (Å²) in [5.41, 5.74) is 1.90. The molecule has 0 bridgehead atoms. The van der Waals surface area contributed by atoms with Crippen LogP contribution in [0.25, 0.3) is 22.0 Å². The smallest absolute Gasteiger partial charge is 0.177 e. The first-order chi connectivity index (χ1) is 15.1. The predicted octanol–water partition coefficient (Wildman–Crippen LogP) is 5.43. The second-order valence-electron chi connectivity index (χ2n) is 6.68. The molecule has 0 aliphatic rings. The summed E-state index contributed by atoms with van der Waals surface area (Å²) in [4.78, 5) is 12.9. The number of benzene rings is 3. The van der Waals surface area contributed by atoms with Crippen molar-refractivity contribution in [2.75, 3.05) is 20.0 Å². The molecular formula is C24H19FN2O3S. The highest BCUT2D eigenvalue weighted by Crippen LogP contribution is 2.33. The normalized spacial score (nSPS) is 10.8. The number of carbonyl (C=O) groups is 1. The van der Waals surface area contributed by atoms with Gasteiger partial charge in [0.25, 0.3) is 0 Å². The minimum absolute atomic E-state index is 0.103. The van der Waals surface area contributed by atoms with Crippen molar-refractivity contribution in [1.29, 1.82) is 0 Å². The van der Waals surface area contributed by atoms with E-state index in [0.29, 0.717) is 27.8 Å². The highest BCUT2D eigenvalue weighted by molar-refractivity contribution is 8.00. The number of halogens is 1. The number of hydrogen-bond acceptors (Lipinski definition) is 6. The molecule has 1 heterocycles. The molecule has 3 aromatic carbocycles. The topological polar surface area (TPSA) is 61.3 Å². The highest BCUT2D eigenvalue weighted by atomic mass is 32.2. The van der Waals surface area contributed by atoms with Crippen molar-refractivity contribution in [2.24, 2.45) is 0 Å². The van der Waals surface area contributed by atoms with Gasteiger partial charge in [-0.3, -0.25) is 4.79 Å². The van der Waals surface area contributed by atoms with Crippen LogP contribution in [0.4, 0.5) is 4.39 Å². The average molecular weight is 434 g/mol. The fourth-order valence-electron chi connectivity index (χ4n) is 3.25. The molecule has 0 aliphatic heterocycles. The molecule has 0 atom stereocenters. The summed E-state index contributed by atoms with van der Waals surface area (Å²) in [7, 11) is 3.08. The number of ketones is 1. The first kappa shape index (κ1) is 20.8. The number of hydrogen-bond donors (Lipinski definition) is 0. The van der Waals surface area contributed by atoms with Gasteiger partial charge < -0.3 is 9.47 Å². The van der Waals surface area contributed by atoms with Crippen LogP contribution in [0.15, 0.2) is 71.8 Å². The molecule has 4 rings (SSSR count). The van der Waals surface area contributed by atoms with Gasteiger partial charge in [-0.15, -0.1) is 10.2 Å². The van der Waals surface area contributed by atoms with Gasteiger partial charge in [0.15, 0.2) is 5.78 Å². The molecule has 7 heteroatoms. The van der Waals surface area contributed by atoms with Gasteiger partial charge in [-0.1, -0.05) is 36.0 Å². The summed E-state index contributed by atoms with van der Waals surface area (Å²) in [5, 5.41) is 11.1. The zero-order valence-corrected chi connectivity index (χ0v) is 17.8. The first-order valence-electron chi connectivity index (χ1n) is 9.50. The SMILES string of the molecule is COc1ccc(OC)c(C(=O)CSc2nnc(-c3ccc(F)cc3)c3ccccc23)c1.